The average Bonchev–Trinajstić information content (AvgIpc) is 3.22. The van der Waals surface area contributed by atoms with Crippen LogP contribution in [-0.4, -0.2) is 69.3 Å². The van der Waals surface area contributed by atoms with Crippen LogP contribution in [0.2, 0.25) is 0 Å². The van der Waals surface area contributed by atoms with Gasteiger partial charge < -0.3 is 10.0 Å². The third-order valence-corrected chi connectivity index (χ3v) is 5.23. The number of H-pyrrole nitrogens is 1. The Kier molecular flexibility index (Phi) is 3.79. The summed E-state index contributed by atoms with van der Waals surface area (Å²) in [5, 5.41) is 17.9. The van der Waals surface area contributed by atoms with Gasteiger partial charge >= 0.3 is 0 Å². The van der Waals surface area contributed by atoms with Crippen molar-refractivity contribution in [1.82, 2.24) is 20.0 Å². The van der Waals surface area contributed by atoms with Gasteiger partial charge in [0, 0.05) is 37.6 Å². The van der Waals surface area contributed by atoms with Gasteiger partial charge in [0.05, 0.1) is 23.4 Å². The van der Waals surface area contributed by atoms with E-state index in [2.05, 4.69) is 15.1 Å². The van der Waals surface area contributed by atoms with Crippen LogP contribution < -0.4 is 0 Å². The van der Waals surface area contributed by atoms with Crippen molar-refractivity contribution in [3.8, 4) is 0 Å². The molecule has 2 fully saturated rings. The van der Waals surface area contributed by atoms with E-state index < -0.39 is 0 Å². The minimum absolute atomic E-state index is 0.0728. The van der Waals surface area contributed by atoms with Gasteiger partial charge in [0.2, 0.25) is 0 Å². The van der Waals surface area contributed by atoms with E-state index in [0.717, 1.165) is 56.3 Å². The number of nitrogens with one attached hydrogen (secondary N) is 1. The predicted octanol–water partition coefficient (Wildman–Crippen LogP) is 1.23. The number of aliphatic hydroxyl groups is 1. The first-order valence-electron chi connectivity index (χ1n) is 8.37. The summed E-state index contributed by atoms with van der Waals surface area (Å²) in [5.74, 6) is 0.0728. The molecule has 1 aliphatic heterocycles. The number of nitrogens with zero attached hydrogens (tertiary/aromatic N) is 3. The molecule has 23 heavy (non-hydrogen) atoms. The SMILES string of the molecule is O=C(c1cccc2[nH]ncc12)N1CCN([C@H]2CCC[C@@H]2O)CC1. The number of amides is 1. The number of hydrogen-bond donors (Lipinski definition) is 2. The molecule has 1 aliphatic carbocycles. The maximum absolute atomic E-state index is 12.8. The molecule has 2 aromatic rings. The molecule has 1 amide bonds. The second-order valence-electron chi connectivity index (χ2n) is 6.53. The van der Waals surface area contributed by atoms with Gasteiger partial charge in [-0.05, 0) is 31.4 Å². The van der Waals surface area contributed by atoms with Crippen molar-refractivity contribution in [2.45, 2.75) is 31.4 Å². The molecule has 1 saturated carbocycles. The highest BCUT2D eigenvalue weighted by Gasteiger charge is 2.33. The molecule has 1 aromatic carbocycles. The lowest BCUT2D eigenvalue weighted by Gasteiger charge is -2.39. The van der Waals surface area contributed by atoms with Crippen molar-refractivity contribution in [2.24, 2.45) is 0 Å². The van der Waals surface area contributed by atoms with Crippen LogP contribution in [0.25, 0.3) is 10.9 Å². The summed E-state index contributed by atoms with van der Waals surface area (Å²) in [7, 11) is 0. The van der Waals surface area contributed by atoms with Gasteiger partial charge in [0.15, 0.2) is 0 Å². The number of hydrogen-bond acceptors (Lipinski definition) is 4. The Morgan fingerprint density at radius 1 is 1.22 bits per heavy atom. The summed E-state index contributed by atoms with van der Waals surface area (Å²) in [4.78, 5) is 17.1. The minimum Gasteiger partial charge on any atom is -0.391 e. The first kappa shape index (κ1) is 14.7. The Morgan fingerprint density at radius 3 is 2.78 bits per heavy atom. The van der Waals surface area contributed by atoms with Gasteiger partial charge in [-0.3, -0.25) is 14.8 Å². The highest BCUT2D eigenvalue weighted by atomic mass is 16.3. The zero-order valence-electron chi connectivity index (χ0n) is 13.1. The molecular formula is C17H22N4O2. The van der Waals surface area contributed by atoms with Crippen molar-refractivity contribution >= 4 is 16.8 Å². The van der Waals surface area contributed by atoms with Crippen LogP contribution in [0.5, 0.6) is 0 Å². The second kappa shape index (κ2) is 5.94. The molecule has 1 saturated heterocycles. The van der Waals surface area contributed by atoms with E-state index in [4.69, 9.17) is 0 Å². The number of aromatic nitrogens is 2. The standard InChI is InChI=1S/C17H22N4O2/c22-16-6-2-5-15(16)20-7-9-21(10-8-20)17(23)12-3-1-4-14-13(12)11-18-19-14/h1,3-4,11,15-16,22H,2,5-10H2,(H,18,19)/t15-,16-/m0/s1. The number of carbonyl (C=O) groups excluding carboxylic acids is 1. The normalized spacial score (nSPS) is 26.0. The highest BCUT2D eigenvalue weighted by Crippen LogP contribution is 2.26. The van der Waals surface area contributed by atoms with Crippen LogP contribution in [0.15, 0.2) is 24.4 Å². The van der Waals surface area contributed by atoms with Gasteiger partial charge in [-0.1, -0.05) is 6.07 Å². The van der Waals surface area contributed by atoms with Gasteiger partial charge in [-0.15, -0.1) is 0 Å². The smallest absolute Gasteiger partial charge is 0.254 e. The summed E-state index contributed by atoms with van der Waals surface area (Å²) in [6.07, 6.45) is 4.61. The highest BCUT2D eigenvalue weighted by molar-refractivity contribution is 6.06. The molecule has 2 heterocycles. The molecule has 1 aromatic heterocycles. The maximum Gasteiger partial charge on any atom is 0.254 e. The first-order chi connectivity index (χ1) is 11.2. The molecule has 0 radical (unpaired) electrons. The Labute approximate surface area is 135 Å². The monoisotopic (exact) mass is 314 g/mol. The number of carbonyl (C=O) groups is 1. The summed E-state index contributed by atoms with van der Waals surface area (Å²) in [6, 6.07) is 5.97. The minimum atomic E-state index is -0.197. The molecular weight excluding hydrogens is 292 g/mol. The van der Waals surface area contributed by atoms with Gasteiger partial charge in [-0.25, -0.2) is 0 Å². The fourth-order valence-electron chi connectivity index (χ4n) is 3.93. The average molecular weight is 314 g/mol. The number of rotatable bonds is 2. The van der Waals surface area contributed by atoms with E-state index in [-0.39, 0.29) is 18.1 Å². The maximum atomic E-state index is 12.8. The molecule has 0 bridgehead atoms. The fraction of sp³-hybridized carbons (Fsp3) is 0.529. The summed E-state index contributed by atoms with van der Waals surface area (Å²) in [6.45, 7) is 3.12. The molecule has 6 heteroatoms. The number of aromatic amines is 1. The third-order valence-electron chi connectivity index (χ3n) is 5.23. The topological polar surface area (TPSA) is 72.5 Å². The molecule has 2 N–H and O–H groups in total. The van der Waals surface area contributed by atoms with E-state index in [1.165, 1.54) is 0 Å². The van der Waals surface area contributed by atoms with E-state index in [9.17, 15) is 9.90 Å². The lowest BCUT2D eigenvalue weighted by molar-refractivity contribution is 0.0316. The molecule has 2 aliphatic rings. The number of aliphatic hydroxyl groups excluding tert-OH is 1. The van der Waals surface area contributed by atoms with E-state index >= 15 is 0 Å². The third kappa shape index (κ3) is 2.62. The molecule has 6 nitrogen and oxygen atoms in total. The van der Waals surface area contributed by atoms with Crippen LogP contribution in [0.1, 0.15) is 29.6 Å². The van der Waals surface area contributed by atoms with E-state index in [1.807, 2.05) is 23.1 Å². The summed E-state index contributed by atoms with van der Waals surface area (Å²) < 4.78 is 0. The van der Waals surface area contributed by atoms with Crippen molar-refractivity contribution in [1.29, 1.82) is 0 Å². The van der Waals surface area contributed by atoms with Gasteiger partial charge in [0.1, 0.15) is 0 Å². The molecule has 122 valence electrons. The predicted molar refractivity (Wildman–Crippen MR) is 87.2 cm³/mol. The van der Waals surface area contributed by atoms with Crippen LogP contribution in [-0.2, 0) is 0 Å². The van der Waals surface area contributed by atoms with Crippen LogP contribution in [0.3, 0.4) is 0 Å². The van der Waals surface area contributed by atoms with Crippen LogP contribution in [0.4, 0.5) is 0 Å². The lowest BCUT2D eigenvalue weighted by Crippen LogP contribution is -2.53. The molecule has 0 spiro atoms. The van der Waals surface area contributed by atoms with Crippen LogP contribution >= 0.6 is 0 Å². The number of piperazine rings is 1. The summed E-state index contributed by atoms with van der Waals surface area (Å²) >= 11 is 0. The fourth-order valence-corrected chi connectivity index (χ4v) is 3.93. The zero-order chi connectivity index (χ0) is 15.8. The summed E-state index contributed by atoms with van der Waals surface area (Å²) in [5.41, 5.74) is 1.61. The van der Waals surface area contributed by atoms with E-state index in [0.29, 0.717) is 5.56 Å². The lowest BCUT2D eigenvalue weighted by atomic mass is 10.1. The van der Waals surface area contributed by atoms with E-state index in [1.54, 1.807) is 6.20 Å². The first-order valence-corrected chi connectivity index (χ1v) is 8.37. The molecule has 2 atom stereocenters. The van der Waals surface area contributed by atoms with Gasteiger partial charge in [0.25, 0.3) is 5.91 Å². The second-order valence-corrected chi connectivity index (χ2v) is 6.53. The van der Waals surface area contributed by atoms with Crippen LogP contribution in [0, 0.1) is 0 Å². The zero-order valence-corrected chi connectivity index (χ0v) is 13.1. The van der Waals surface area contributed by atoms with Crippen molar-refractivity contribution in [2.75, 3.05) is 26.2 Å². The molecule has 0 unspecified atom stereocenters. The number of fused-ring (bicyclic) bond motifs is 1. The Morgan fingerprint density at radius 2 is 2.04 bits per heavy atom. The quantitative estimate of drug-likeness (QED) is 0.874. The van der Waals surface area contributed by atoms with Crippen molar-refractivity contribution in [3.63, 3.8) is 0 Å². The molecule has 4 rings (SSSR count). The number of benzene rings is 1. The van der Waals surface area contributed by atoms with Crippen molar-refractivity contribution in [3.05, 3.63) is 30.0 Å². The van der Waals surface area contributed by atoms with Gasteiger partial charge in [-0.2, -0.15) is 5.10 Å². The van der Waals surface area contributed by atoms with Crippen molar-refractivity contribution < 1.29 is 9.90 Å². The Hall–Kier alpha value is -1.92. The Bertz CT molecular complexity index is 705. The Balaban J connectivity index is 1.46. The largest absolute Gasteiger partial charge is 0.391 e.